The van der Waals surface area contributed by atoms with Gasteiger partial charge in [0.05, 0.1) is 17.6 Å². The number of hydrogen-bond donors (Lipinski definition) is 0. The SMILES string of the molecule is Cc1cc(N(C)C)ccc1/C=N\N(c1ccccc1)c1ccccc1. The maximum atomic E-state index is 4.76. The molecule has 0 aliphatic rings. The van der Waals surface area contributed by atoms with Crippen LogP contribution in [0, 0.1) is 6.92 Å². The van der Waals surface area contributed by atoms with Gasteiger partial charge in [-0.2, -0.15) is 5.10 Å². The lowest BCUT2D eigenvalue weighted by molar-refractivity contribution is 1.09. The Morgan fingerprint density at radius 1 is 0.720 bits per heavy atom. The molecule has 0 aliphatic carbocycles. The third-order valence-corrected chi connectivity index (χ3v) is 4.08. The molecule has 3 rings (SSSR count). The number of hydrazone groups is 1. The maximum Gasteiger partial charge on any atom is 0.0652 e. The Labute approximate surface area is 149 Å². The first kappa shape index (κ1) is 16.8. The molecule has 126 valence electrons. The monoisotopic (exact) mass is 329 g/mol. The largest absolute Gasteiger partial charge is 0.378 e. The van der Waals surface area contributed by atoms with E-state index < -0.39 is 0 Å². The molecule has 0 N–H and O–H groups in total. The average molecular weight is 329 g/mol. The fraction of sp³-hybridized carbons (Fsp3) is 0.136. The van der Waals surface area contributed by atoms with Gasteiger partial charge in [0.1, 0.15) is 0 Å². The summed E-state index contributed by atoms with van der Waals surface area (Å²) in [5.74, 6) is 0. The molecule has 0 atom stereocenters. The van der Waals surface area contributed by atoms with E-state index in [1.54, 1.807) is 0 Å². The first-order valence-corrected chi connectivity index (χ1v) is 8.37. The predicted octanol–water partition coefficient (Wildman–Crippen LogP) is 5.23. The number of benzene rings is 3. The summed E-state index contributed by atoms with van der Waals surface area (Å²) in [6, 6.07) is 26.8. The summed E-state index contributed by atoms with van der Waals surface area (Å²) >= 11 is 0. The van der Waals surface area contributed by atoms with E-state index in [-0.39, 0.29) is 0 Å². The first-order chi connectivity index (χ1) is 12.1. The zero-order chi connectivity index (χ0) is 17.6. The summed E-state index contributed by atoms with van der Waals surface area (Å²) in [6.45, 7) is 2.11. The molecule has 3 heteroatoms. The van der Waals surface area contributed by atoms with Gasteiger partial charge in [-0.1, -0.05) is 42.5 Å². The second-order valence-electron chi connectivity index (χ2n) is 6.16. The Morgan fingerprint density at radius 2 is 1.28 bits per heavy atom. The van der Waals surface area contributed by atoms with E-state index in [4.69, 9.17) is 5.10 Å². The van der Waals surface area contributed by atoms with Crippen molar-refractivity contribution in [3.8, 4) is 0 Å². The minimum atomic E-state index is 1.03. The number of anilines is 3. The standard InChI is InChI=1S/C22H23N3/c1-18-16-22(24(2)3)15-14-19(18)17-23-25(20-10-6-4-7-11-20)21-12-8-5-9-13-21/h4-17H,1-3H3/b23-17-. The van der Waals surface area contributed by atoms with Crippen molar-refractivity contribution in [2.75, 3.05) is 24.0 Å². The van der Waals surface area contributed by atoms with Gasteiger partial charge in [0.2, 0.25) is 0 Å². The highest BCUT2D eigenvalue weighted by Crippen LogP contribution is 2.25. The Morgan fingerprint density at radius 3 is 1.76 bits per heavy atom. The van der Waals surface area contributed by atoms with Gasteiger partial charge < -0.3 is 4.90 Å². The fourth-order valence-electron chi connectivity index (χ4n) is 2.62. The smallest absolute Gasteiger partial charge is 0.0652 e. The molecule has 25 heavy (non-hydrogen) atoms. The average Bonchev–Trinajstić information content (AvgIpc) is 2.64. The van der Waals surface area contributed by atoms with Crippen molar-refractivity contribution in [1.29, 1.82) is 0 Å². The second-order valence-corrected chi connectivity index (χ2v) is 6.16. The molecule has 0 radical (unpaired) electrons. The third-order valence-electron chi connectivity index (χ3n) is 4.08. The number of hydrogen-bond acceptors (Lipinski definition) is 3. The number of para-hydroxylation sites is 2. The van der Waals surface area contributed by atoms with Crippen LogP contribution >= 0.6 is 0 Å². The predicted molar refractivity (Wildman–Crippen MR) is 108 cm³/mol. The van der Waals surface area contributed by atoms with Crippen LogP contribution < -0.4 is 9.91 Å². The minimum Gasteiger partial charge on any atom is -0.378 e. The Kier molecular flexibility index (Phi) is 5.14. The lowest BCUT2D eigenvalue weighted by Crippen LogP contribution is -2.10. The highest BCUT2D eigenvalue weighted by atomic mass is 15.5. The highest BCUT2D eigenvalue weighted by Gasteiger charge is 2.07. The number of aryl methyl sites for hydroxylation is 1. The van der Waals surface area contributed by atoms with Crippen molar-refractivity contribution in [2.24, 2.45) is 5.10 Å². The van der Waals surface area contributed by atoms with Crippen molar-refractivity contribution in [3.05, 3.63) is 90.0 Å². The molecule has 0 fully saturated rings. The Bertz CT molecular complexity index is 800. The second kappa shape index (κ2) is 7.67. The van der Waals surface area contributed by atoms with E-state index in [1.807, 2.05) is 47.6 Å². The van der Waals surface area contributed by atoms with Crippen LogP contribution in [0.15, 0.2) is 84.0 Å². The lowest BCUT2D eigenvalue weighted by Gasteiger charge is -2.19. The van der Waals surface area contributed by atoms with E-state index >= 15 is 0 Å². The van der Waals surface area contributed by atoms with Gasteiger partial charge in [-0.05, 0) is 54.4 Å². The van der Waals surface area contributed by atoms with Crippen LogP contribution in [0.4, 0.5) is 17.1 Å². The molecule has 0 bridgehead atoms. The Hall–Kier alpha value is -3.07. The molecule has 0 heterocycles. The van der Waals surface area contributed by atoms with Crippen LogP contribution in [0.1, 0.15) is 11.1 Å². The van der Waals surface area contributed by atoms with Crippen LogP contribution in [-0.2, 0) is 0 Å². The fourth-order valence-corrected chi connectivity index (χ4v) is 2.62. The summed E-state index contributed by atoms with van der Waals surface area (Å²) in [6.07, 6.45) is 1.93. The van der Waals surface area contributed by atoms with E-state index in [0.29, 0.717) is 0 Å². The molecule has 0 saturated carbocycles. The van der Waals surface area contributed by atoms with Crippen LogP contribution in [0.3, 0.4) is 0 Å². The van der Waals surface area contributed by atoms with Gasteiger partial charge in [-0.3, -0.25) is 0 Å². The molecule has 3 aromatic rings. The van der Waals surface area contributed by atoms with E-state index in [9.17, 15) is 0 Å². The van der Waals surface area contributed by atoms with Gasteiger partial charge in [0.15, 0.2) is 0 Å². The molecule has 0 saturated heterocycles. The van der Waals surface area contributed by atoms with Gasteiger partial charge in [-0.25, -0.2) is 5.01 Å². The van der Waals surface area contributed by atoms with Gasteiger partial charge >= 0.3 is 0 Å². The van der Waals surface area contributed by atoms with E-state index in [2.05, 4.69) is 68.4 Å². The van der Waals surface area contributed by atoms with Crippen molar-refractivity contribution < 1.29 is 0 Å². The number of rotatable bonds is 5. The summed E-state index contributed by atoms with van der Waals surface area (Å²) in [5.41, 5.74) is 5.58. The maximum absolute atomic E-state index is 4.76. The van der Waals surface area contributed by atoms with Crippen LogP contribution in [0.25, 0.3) is 0 Å². The van der Waals surface area contributed by atoms with Crippen molar-refractivity contribution in [3.63, 3.8) is 0 Å². The molecule has 0 amide bonds. The van der Waals surface area contributed by atoms with Crippen molar-refractivity contribution in [1.82, 2.24) is 0 Å². The molecule has 3 nitrogen and oxygen atoms in total. The van der Waals surface area contributed by atoms with Crippen molar-refractivity contribution >= 4 is 23.3 Å². The van der Waals surface area contributed by atoms with E-state index in [0.717, 1.165) is 16.9 Å². The molecule has 0 spiro atoms. The molecule has 3 aromatic carbocycles. The quantitative estimate of drug-likeness (QED) is 0.471. The first-order valence-electron chi connectivity index (χ1n) is 8.37. The van der Waals surface area contributed by atoms with Crippen LogP contribution in [0.5, 0.6) is 0 Å². The van der Waals surface area contributed by atoms with Crippen LogP contribution in [-0.4, -0.2) is 20.3 Å². The highest BCUT2D eigenvalue weighted by molar-refractivity contribution is 5.84. The zero-order valence-corrected chi connectivity index (χ0v) is 14.9. The lowest BCUT2D eigenvalue weighted by atomic mass is 10.1. The third kappa shape index (κ3) is 4.07. The van der Waals surface area contributed by atoms with Crippen molar-refractivity contribution in [2.45, 2.75) is 6.92 Å². The summed E-state index contributed by atoms with van der Waals surface area (Å²) in [4.78, 5) is 2.11. The molecule has 0 unspecified atom stereocenters. The van der Waals surface area contributed by atoms with E-state index in [1.165, 1.54) is 11.3 Å². The zero-order valence-electron chi connectivity index (χ0n) is 14.9. The molecular formula is C22H23N3. The van der Waals surface area contributed by atoms with Crippen LogP contribution in [0.2, 0.25) is 0 Å². The summed E-state index contributed by atoms with van der Waals surface area (Å²) < 4.78 is 0. The topological polar surface area (TPSA) is 18.8 Å². The minimum absolute atomic E-state index is 1.03. The normalized spacial score (nSPS) is 10.8. The summed E-state index contributed by atoms with van der Waals surface area (Å²) in [5, 5.41) is 6.72. The molecular weight excluding hydrogens is 306 g/mol. The molecule has 0 aromatic heterocycles. The van der Waals surface area contributed by atoms with Gasteiger partial charge in [0, 0.05) is 19.8 Å². The summed E-state index contributed by atoms with van der Waals surface area (Å²) in [7, 11) is 4.10. The Balaban J connectivity index is 1.94. The van der Waals surface area contributed by atoms with Gasteiger partial charge in [0.25, 0.3) is 0 Å². The molecule has 0 aliphatic heterocycles. The van der Waals surface area contributed by atoms with Gasteiger partial charge in [-0.15, -0.1) is 0 Å². The number of nitrogens with zero attached hydrogens (tertiary/aromatic N) is 3.